The number of rotatable bonds is 4. The number of hydrogen-bond acceptors (Lipinski definition) is 3. The van der Waals surface area contributed by atoms with Crippen molar-refractivity contribution in [2.75, 3.05) is 0 Å². The first-order chi connectivity index (χ1) is 15.1. The SMILES string of the molecule is O=c1[nH]c(-c2cc(Br)cc(Br)c2OCc2cccc3ccccc23)nc2ccccc12. The van der Waals surface area contributed by atoms with Crippen molar-refractivity contribution in [1.29, 1.82) is 0 Å². The van der Waals surface area contributed by atoms with E-state index in [0.717, 1.165) is 19.9 Å². The third kappa shape index (κ3) is 3.89. The highest BCUT2D eigenvalue weighted by Crippen LogP contribution is 2.38. The number of ether oxygens (including phenoxy) is 1. The Morgan fingerprint density at radius 1 is 0.871 bits per heavy atom. The van der Waals surface area contributed by atoms with Gasteiger partial charge in [0.05, 0.1) is 20.9 Å². The molecular weight excluding hydrogens is 520 g/mol. The molecule has 4 nitrogen and oxygen atoms in total. The summed E-state index contributed by atoms with van der Waals surface area (Å²) >= 11 is 7.15. The number of nitrogens with zero attached hydrogens (tertiary/aromatic N) is 1. The Morgan fingerprint density at radius 3 is 2.48 bits per heavy atom. The van der Waals surface area contributed by atoms with Crippen molar-refractivity contribution in [1.82, 2.24) is 9.97 Å². The number of H-pyrrole nitrogens is 1. The van der Waals surface area contributed by atoms with E-state index < -0.39 is 0 Å². The van der Waals surface area contributed by atoms with Gasteiger partial charge in [-0.15, -0.1) is 0 Å². The van der Waals surface area contributed by atoms with E-state index in [0.29, 0.717) is 34.6 Å². The minimum Gasteiger partial charge on any atom is -0.487 e. The van der Waals surface area contributed by atoms with Gasteiger partial charge in [-0.1, -0.05) is 70.5 Å². The monoisotopic (exact) mass is 534 g/mol. The smallest absolute Gasteiger partial charge is 0.259 e. The number of para-hydroxylation sites is 1. The highest BCUT2D eigenvalue weighted by atomic mass is 79.9. The summed E-state index contributed by atoms with van der Waals surface area (Å²) in [5.41, 5.74) is 2.23. The third-order valence-corrected chi connectivity index (χ3v) is 6.18. The number of nitrogens with one attached hydrogen (secondary N) is 1. The summed E-state index contributed by atoms with van der Waals surface area (Å²) in [6.45, 7) is 0.381. The quantitative estimate of drug-likeness (QED) is 0.274. The zero-order valence-corrected chi connectivity index (χ0v) is 19.4. The summed E-state index contributed by atoms with van der Waals surface area (Å²) in [5, 5.41) is 2.87. The molecule has 0 unspecified atom stereocenters. The summed E-state index contributed by atoms with van der Waals surface area (Å²) in [5.74, 6) is 1.08. The van der Waals surface area contributed by atoms with E-state index in [1.54, 1.807) is 6.07 Å². The van der Waals surface area contributed by atoms with Crippen LogP contribution in [0, 0.1) is 0 Å². The van der Waals surface area contributed by atoms with Gasteiger partial charge in [-0.25, -0.2) is 4.98 Å². The van der Waals surface area contributed by atoms with Crippen LogP contribution >= 0.6 is 31.9 Å². The van der Waals surface area contributed by atoms with Crippen molar-refractivity contribution in [3.8, 4) is 17.1 Å². The van der Waals surface area contributed by atoms with Crippen LogP contribution < -0.4 is 10.3 Å². The predicted octanol–water partition coefficient (Wildman–Crippen LogP) is 6.85. The van der Waals surface area contributed by atoms with Crippen LogP contribution in [-0.2, 0) is 6.61 Å². The molecule has 0 aliphatic heterocycles. The second-order valence-electron chi connectivity index (χ2n) is 7.12. The summed E-state index contributed by atoms with van der Waals surface area (Å²) in [4.78, 5) is 20.2. The Labute approximate surface area is 195 Å². The predicted molar refractivity (Wildman–Crippen MR) is 131 cm³/mol. The molecule has 0 saturated heterocycles. The lowest BCUT2D eigenvalue weighted by Gasteiger charge is -2.15. The molecule has 0 radical (unpaired) electrons. The van der Waals surface area contributed by atoms with Crippen LogP contribution in [0.25, 0.3) is 33.1 Å². The number of hydrogen-bond donors (Lipinski definition) is 1. The van der Waals surface area contributed by atoms with Crippen LogP contribution in [0.4, 0.5) is 0 Å². The van der Waals surface area contributed by atoms with E-state index in [4.69, 9.17) is 4.74 Å². The average Bonchev–Trinajstić information content (AvgIpc) is 2.78. The van der Waals surface area contributed by atoms with E-state index in [2.05, 4.69) is 66.1 Å². The van der Waals surface area contributed by atoms with E-state index >= 15 is 0 Å². The van der Waals surface area contributed by atoms with Crippen molar-refractivity contribution in [3.63, 3.8) is 0 Å². The summed E-state index contributed by atoms with van der Waals surface area (Å²) in [7, 11) is 0. The number of fused-ring (bicyclic) bond motifs is 2. The molecular formula is C25H16Br2N2O2. The largest absolute Gasteiger partial charge is 0.487 e. The first kappa shape index (κ1) is 20.0. The maximum atomic E-state index is 12.6. The maximum absolute atomic E-state index is 12.6. The van der Waals surface area contributed by atoms with Gasteiger partial charge in [-0.05, 0) is 56.5 Å². The Kier molecular flexibility index (Phi) is 5.34. The number of halogens is 2. The lowest BCUT2D eigenvalue weighted by molar-refractivity contribution is 0.307. The van der Waals surface area contributed by atoms with Crippen molar-refractivity contribution < 1.29 is 4.74 Å². The van der Waals surface area contributed by atoms with Crippen molar-refractivity contribution in [2.24, 2.45) is 0 Å². The average molecular weight is 536 g/mol. The Balaban J connectivity index is 1.60. The van der Waals surface area contributed by atoms with E-state index in [9.17, 15) is 4.79 Å². The molecule has 1 heterocycles. The Hall–Kier alpha value is -2.96. The topological polar surface area (TPSA) is 55.0 Å². The Morgan fingerprint density at radius 2 is 1.61 bits per heavy atom. The van der Waals surface area contributed by atoms with Crippen LogP contribution in [0.15, 0.2) is 92.6 Å². The molecule has 31 heavy (non-hydrogen) atoms. The van der Waals surface area contributed by atoms with E-state index in [1.807, 2.05) is 48.5 Å². The molecule has 4 aromatic carbocycles. The zero-order chi connectivity index (χ0) is 21.4. The van der Waals surface area contributed by atoms with Crippen LogP contribution in [0.1, 0.15) is 5.56 Å². The van der Waals surface area contributed by atoms with Gasteiger partial charge in [-0.2, -0.15) is 0 Å². The summed E-state index contributed by atoms with van der Waals surface area (Å²) < 4.78 is 7.91. The Bertz CT molecular complexity index is 1490. The second kappa shape index (κ2) is 8.29. The second-order valence-corrected chi connectivity index (χ2v) is 8.89. The molecule has 152 valence electrons. The van der Waals surface area contributed by atoms with Gasteiger partial charge in [0.25, 0.3) is 5.56 Å². The van der Waals surface area contributed by atoms with E-state index in [1.165, 1.54) is 5.39 Å². The van der Waals surface area contributed by atoms with Gasteiger partial charge in [0.15, 0.2) is 0 Å². The summed E-state index contributed by atoms with van der Waals surface area (Å²) in [6, 6.07) is 25.5. The fraction of sp³-hybridized carbons (Fsp3) is 0.0400. The van der Waals surface area contributed by atoms with Crippen molar-refractivity contribution in [3.05, 3.63) is 104 Å². The molecule has 0 aliphatic rings. The van der Waals surface area contributed by atoms with Gasteiger partial charge in [0, 0.05) is 4.47 Å². The highest BCUT2D eigenvalue weighted by molar-refractivity contribution is 9.11. The molecule has 1 N–H and O–H groups in total. The van der Waals surface area contributed by atoms with E-state index in [-0.39, 0.29) is 5.56 Å². The number of aromatic amines is 1. The number of aromatic nitrogens is 2. The molecule has 0 aliphatic carbocycles. The van der Waals surface area contributed by atoms with Crippen LogP contribution in [0.5, 0.6) is 5.75 Å². The van der Waals surface area contributed by atoms with Crippen LogP contribution in [0.2, 0.25) is 0 Å². The van der Waals surface area contributed by atoms with Crippen molar-refractivity contribution in [2.45, 2.75) is 6.61 Å². The van der Waals surface area contributed by atoms with Crippen LogP contribution in [0.3, 0.4) is 0 Å². The maximum Gasteiger partial charge on any atom is 0.259 e. The fourth-order valence-electron chi connectivity index (χ4n) is 3.67. The normalized spacial score (nSPS) is 11.2. The minimum absolute atomic E-state index is 0.184. The highest BCUT2D eigenvalue weighted by Gasteiger charge is 2.16. The standard InChI is InChI=1S/C25H16Br2N2O2/c26-17-12-20(24-28-22-11-4-3-10-19(22)25(30)29-24)23(21(27)13-17)31-14-16-8-5-7-15-6-1-2-9-18(15)16/h1-13H,14H2,(H,28,29,30). The molecule has 0 saturated carbocycles. The molecule has 0 fully saturated rings. The minimum atomic E-state index is -0.184. The molecule has 1 aromatic heterocycles. The van der Waals surface area contributed by atoms with Gasteiger partial charge in [0.2, 0.25) is 0 Å². The van der Waals surface area contributed by atoms with Gasteiger partial charge in [-0.3, -0.25) is 4.79 Å². The first-order valence-electron chi connectivity index (χ1n) is 9.68. The molecule has 5 rings (SSSR count). The molecule has 0 spiro atoms. The molecule has 0 bridgehead atoms. The van der Waals surface area contributed by atoms with Crippen molar-refractivity contribution >= 4 is 53.5 Å². The molecule has 5 aromatic rings. The first-order valence-corrected chi connectivity index (χ1v) is 11.3. The van der Waals surface area contributed by atoms with Gasteiger partial charge < -0.3 is 9.72 Å². The number of benzene rings is 4. The fourth-order valence-corrected chi connectivity index (χ4v) is 5.00. The van der Waals surface area contributed by atoms with Gasteiger partial charge in [0.1, 0.15) is 18.2 Å². The molecule has 0 atom stereocenters. The van der Waals surface area contributed by atoms with Gasteiger partial charge >= 0.3 is 0 Å². The lowest BCUT2D eigenvalue weighted by atomic mass is 10.1. The molecule has 6 heteroatoms. The molecule has 0 amide bonds. The van der Waals surface area contributed by atoms with Crippen LogP contribution in [-0.4, -0.2) is 9.97 Å². The summed E-state index contributed by atoms with van der Waals surface area (Å²) in [6.07, 6.45) is 0. The lowest BCUT2D eigenvalue weighted by Crippen LogP contribution is -2.10. The zero-order valence-electron chi connectivity index (χ0n) is 16.2. The third-order valence-electron chi connectivity index (χ3n) is 5.13.